The van der Waals surface area contributed by atoms with Crippen LogP contribution in [0.5, 0.6) is 0 Å². The van der Waals surface area contributed by atoms with Crippen LogP contribution in [0.15, 0.2) is 10.7 Å². The monoisotopic (exact) mass is 299 g/mol. The van der Waals surface area contributed by atoms with E-state index in [4.69, 9.17) is 0 Å². The van der Waals surface area contributed by atoms with Crippen LogP contribution in [0.4, 0.5) is 0 Å². The fourth-order valence-electron chi connectivity index (χ4n) is 2.23. The highest BCUT2D eigenvalue weighted by Crippen LogP contribution is 2.18. The van der Waals surface area contributed by atoms with Crippen molar-refractivity contribution in [3.8, 4) is 0 Å². The molecule has 1 amide bonds. The van der Waals surface area contributed by atoms with Crippen molar-refractivity contribution in [3.63, 3.8) is 0 Å². The number of halogens is 1. The van der Waals surface area contributed by atoms with Crippen LogP contribution in [0, 0.1) is 6.92 Å². The number of nitrogens with zero attached hydrogens (tertiary/aromatic N) is 2. The molecule has 1 aromatic rings. The van der Waals surface area contributed by atoms with Gasteiger partial charge in [0, 0.05) is 24.7 Å². The average molecular weight is 300 g/mol. The fourth-order valence-corrected chi connectivity index (χ4v) is 2.52. The van der Waals surface area contributed by atoms with Crippen molar-refractivity contribution in [2.45, 2.75) is 51.6 Å². The van der Waals surface area contributed by atoms with E-state index < -0.39 is 0 Å². The maximum atomic E-state index is 11.7. The average Bonchev–Trinajstić information content (AvgIpc) is 2.90. The summed E-state index contributed by atoms with van der Waals surface area (Å²) in [5.74, 6) is 0.142. The lowest BCUT2D eigenvalue weighted by molar-refractivity contribution is -0.122. The summed E-state index contributed by atoms with van der Waals surface area (Å²) >= 11 is 3.41. The molecule has 94 valence electrons. The molecule has 0 aliphatic heterocycles. The number of carbonyl (C=O) groups excluding carboxylic acids is 1. The molecule has 17 heavy (non-hydrogen) atoms. The largest absolute Gasteiger partial charge is 0.353 e. The lowest BCUT2D eigenvalue weighted by Gasteiger charge is -2.12. The zero-order valence-corrected chi connectivity index (χ0v) is 11.7. The van der Waals surface area contributed by atoms with Gasteiger partial charge in [0.2, 0.25) is 5.91 Å². The van der Waals surface area contributed by atoms with E-state index in [2.05, 4.69) is 26.3 Å². The van der Waals surface area contributed by atoms with Gasteiger partial charge in [0.1, 0.15) is 0 Å². The van der Waals surface area contributed by atoms with Crippen molar-refractivity contribution in [2.75, 3.05) is 0 Å². The quantitative estimate of drug-likeness (QED) is 0.928. The molecule has 2 rings (SSSR count). The zero-order chi connectivity index (χ0) is 12.3. The lowest BCUT2D eigenvalue weighted by Crippen LogP contribution is -2.33. The van der Waals surface area contributed by atoms with Gasteiger partial charge in [-0.15, -0.1) is 0 Å². The zero-order valence-electron chi connectivity index (χ0n) is 10.1. The molecule has 0 unspecified atom stereocenters. The third-order valence-electron chi connectivity index (χ3n) is 3.31. The molecule has 1 fully saturated rings. The predicted molar refractivity (Wildman–Crippen MR) is 69.7 cm³/mol. The Morgan fingerprint density at radius 3 is 2.88 bits per heavy atom. The van der Waals surface area contributed by atoms with Crippen LogP contribution in [0.3, 0.4) is 0 Å². The van der Waals surface area contributed by atoms with E-state index >= 15 is 0 Å². The number of amides is 1. The van der Waals surface area contributed by atoms with Crippen LogP contribution < -0.4 is 5.32 Å². The highest BCUT2D eigenvalue weighted by molar-refractivity contribution is 9.10. The highest BCUT2D eigenvalue weighted by Gasteiger charge is 2.17. The van der Waals surface area contributed by atoms with Gasteiger partial charge in [0.05, 0.1) is 10.7 Å². The molecule has 0 saturated heterocycles. The number of hydrogen-bond acceptors (Lipinski definition) is 2. The molecule has 1 heterocycles. The number of carbonyl (C=O) groups is 1. The minimum absolute atomic E-state index is 0.142. The van der Waals surface area contributed by atoms with E-state index in [0.717, 1.165) is 23.0 Å². The number of aromatic nitrogens is 2. The number of nitrogens with one attached hydrogen (secondary N) is 1. The SMILES string of the molecule is Cc1c(Br)cnn1CCC(=O)NC1CCCC1. The molecule has 4 nitrogen and oxygen atoms in total. The van der Waals surface area contributed by atoms with Crippen LogP contribution in [0.1, 0.15) is 37.8 Å². The Morgan fingerprint density at radius 2 is 2.29 bits per heavy atom. The predicted octanol–water partition coefficient (Wildman–Crippen LogP) is 2.40. The molecule has 1 N–H and O–H groups in total. The maximum Gasteiger partial charge on any atom is 0.222 e. The second-order valence-corrected chi connectivity index (χ2v) is 5.45. The van der Waals surface area contributed by atoms with Gasteiger partial charge in [-0.3, -0.25) is 9.48 Å². The first-order valence-corrected chi connectivity index (χ1v) is 6.93. The molecule has 0 radical (unpaired) electrons. The van der Waals surface area contributed by atoms with Gasteiger partial charge in [-0.2, -0.15) is 5.10 Å². The second kappa shape index (κ2) is 5.67. The first kappa shape index (κ1) is 12.6. The summed E-state index contributed by atoms with van der Waals surface area (Å²) in [5.41, 5.74) is 1.07. The van der Waals surface area contributed by atoms with E-state index in [1.54, 1.807) is 6.20 Å². The van der Waals surface area contributed by atoms with Crippen LogP contribution in [0.25, 0.3) is 0 Å². The lowest BCUT2D eigenvalue weighted by atomic mass is 10.2. The van der Waals surface area contributed by atoms with Crippen molar-refractivity contribution in [3.05, 3.63) is 16.4 Å². The molecule has 0 aromatic carbocycles. The Kier molecular flexibility index (Phi) is 4.20. The Morgan fingerprint density at radius 1 is 1.59 bits per heavy atom. The molecule has 1 aromatic heterocycles. The maximum absolute atomic E-state index is 11.7. The third-order valence-corrected chi connectivity index (χ3v) is 4.09. The fraction of sp³-hybridized carbons (Fsp3) is 0.667. The molecule has 1 aliphatic carbocycles. The Hall–Kier alpha value is -0.840. The van der Waals surface area contributed by atoms with Gasteiger partial charge in [-0.25, -0.2) is 0 Å². The molecule has 5 heteroatoms. The number of rotatable bonds is 4. The molecule has 1 saturated carbocycles. The van der Waals surface area contributed by atoms with Crippen LogP contribution >= 0.6 is 15.9 Å². The molecular weight excluding hydrogens is 282 g/mol. The van der Waals surface area contributed by atoms with E-state index in [-0.39, 0.29) is 5.91 Å². The van der Waals surface area contributed by atoms with Crippen LogP contribution in [-0.4, -0.2) is 21.7 Å². The van der Waals surface area contributed by atoms with Crippen molar-refractivity contribution in [1.29, 1.82) is 0 Å². The molecule has 1 aliphatic rings. The summed E-state index contributed by atoms with van der Waals surface area (Å²) in [6, 6.07) is 0.410. The minimum atomic E-state index is 0.142. The van der Waals surface area contributed by atoms with Crippen molar-refractivity contribution >= 4 is 21.8 Å². The van der Waals surface area contributed by atoms with E-state index in [1.807, 2.05) is 11.6 Å². The summed E-state index contributed by atoms with van der Waals surface area (Å²) in [5, 5.41) is 7.29. The van der Waals surface area contributed by atoms with Gasteiger partial charge < -0.3 is 5.32 Å². The van der Waals surface area contributed by atoms with Crippen molar-refractivity contribution in [1.82, 2.24) is 15.1 Å². The summed E-state index contributed by atoms with van der Waals surface area (Å²) in [7, 11) is 0. The van der Waals surface area contributed by atoms with Crippen LogP contribution in [0.2, 0.25) is 0 Å². The molecular formula is C12H18BrN3O. The van der Waals surface area contributed by atoms with Gasteiger partial charge in [-0.1, -0.05) is 12.8 Å². The summed E-state index contributed by atoms with van der Waals surface area (Å²) in [4.78, 5) is 11.7. The topological polar surface area (TPSA) is 46.9 Å². The summed E-state index contributed by atoms with van der Waals surface area (Å²) in [6.07, 6.45) is 7.04. The Bertz CT molecular complexity index is 396. The number of aryl methyl sites for hydroxylation is 1. The molecule has 0 bridgehead atoms. The first-order valence-electron chi connectivity index (χ1n) is 6.14. The van der Waals surface area contributed by atoms with Gasteiger partial charge in [-0.05, 0) is 35.7 Å². The smallest absolute Gasteiger partial charge is 0.222 e. The Labute approximate surface area is 110 Å². The second-order valence-electron chi connectivity index (χ2n) is 4.60. The van der Waals surface area contributed by atoms with Gasteiger partial charge >= 0.3 is 0 Å². The van der Waals surface area contributed by atoms with Crippen molar-refractivity contribution in [2.24, 2.45) is 0 Å². The molecule has 0 spiro atoms. The van der Waals surface area contributed by atoms with Gasteiger partial charge in [0.25, 0.3) is 0 Å². The highest BCUT2D eigenvalue weighted by atomic mass is 79.9. The normalized spacial score (nSPS) is 16.4. The molecule has 0 atom stereocenters. The Balaban J connectivity index is 1.77. The number of hydrogen-bond donors (Lipinski definition) is 1. The summed E-state index contributed by atoms with van der Waals surface area (Å²) in [6.45, 7) is 2.64. The van der Waals surface area contributed by atoms with Crippen molar-refractivity contribution < 1.29 is 4.79 Å². The van der Waals surface area contributed by atoms with E-state index in [9.17, 15) is 4.79 Å². The summed E-state index contributed by atoms with van der Waals surface area (Å²) < 4.78 is 2.85. The minimum Gasteiger partial charge on any atom is -0.353 e. The van der Waals surface area contributed by atoms with Crippen LogP contribution in [-0.2, 0) is 11.3 Å². The first-order chi connectivity index (χ1) is 8.16. The third kappa shape index (κ3) is 3.31. The standard InChI is InChI=1S/C12H18BrN3O/c1-9-11(13)8-14-16(9)7-6-12(17)15-10-4-2-3-5-10/h8,10H,2-7H2,1H3,(H,15,17). The van der Waals surface area contributed by atoms with E-state index in [1.165, 1.54) is 12.8 Å². The van der Waals surface area contributed by atoms with E-state index in [0.29, 0.717) is 19.0 Å². The van der Waals surface area contributed by atoms with Gasteiger partial charge in [0.15, 0.2) is 0 Å².